The molecular formula is C13H14N4O2. The highest BCUT2D eigenvalue weighted by atomic mass is 16.2. The first-order chi connectivity index (χ1) is 8.99. The minimum atomic E-state index is -0.640. The van der Waals surface area contributed by atoms with Gasteiger partial charge in [0.05, 0.1) is 11.9 Å². The molecule has 0 fully saturated rings. The summed E-state index contributed by atoms with van der Waals surface area (Å²) in [6.07, 6.45) is 1.40. The third-order valence-corrected chi connectivity index (χ3v) is 2.73. The molecule has 19 heavy (non-hydrogen) atoms. The molecule has 2 amide bonds. The van der Waals surface area contributed by atoms with Crippen molar-refractivity contribution in [1.29, 1.82) is 0 Å². The molecule has 2 aromatic rings. The molecule has 0 bridgehead atoms. The van der Waals surface area contributed by atoms with Crippen molar-refractivity contribution in [3.8, 4) is 0 Å². The summed E-state index contributed by atoms with van der Waals surface area (Å²) < 4.78 is 1.33. The number of hydrogen-bond donors (Lipinski definition) is 2. The van der Waals surface area contributed by atoms with Gasteiger partial charge in [0, 0.05) is 12.6 Å². The second-order valence-corrected chi connectivity index (χ2v) is 4.21. The summed E-state index contributed by atoms with van der Waals surface area (Å²) in [5, 5.41) is 6.53. The fourth-order valence-corrected chi connectivity index (χ4v) is 1.72. The molecule has 0 atom stereocenters. The lowest BCUT2D eigenvalue weighted by molar-refractivity contribution is 0.0992. The number of hydrogen-bond acceptors (Lipinski definition) is 3. The smallest absolute Gasteiger partial charge is 0.269 e. The first-order valence-electron chi connectivity index (χ1n) is 5.69. The summed E-state index contributed by atoms with van der Waals surface area (Å²) in [6, 6.07) is 7.11. The molecule has 0 aliphatic carbocycles. The maximum absolute atomic E-state index is 12.0. The number of carbonyl (C=O) groups excluding carboxylic acids is 2. The quantitative estimate of drug-likeness (QED) is 0.863. The number of aryl methyl sites for hydroxylation is 2. The van der Waals surface area contributed by atoms with Gasteiger partial charge < -0.3 is 11.1 Å². The molecule has 0 saturated heterocycles. The number of carbonyl (C=O) groups is 2. The molecular weight excluding hydrogens is 244 g/mol. The van der Waals surface area contributed by atoms with Crippen molar-refractivity contribution in [3.05, 3.63) is 47.3 Å². The first-order valence-corrected chi connectivity index (χ1v) is 5.69. The van der Waals surface area contributed by atoms with Gasteiger partial charge in [-0.05, 0) is 19.1 Å². The highest BCUT2D eigenvalue weighted by molar-refractivity contribution is 6.08. The van der Waals surface area contributed by atoms with Crippen LogP contribution in [0.25, 0.3) is 0 Å². The van der Waals surface area contributed by atoms with Crippen LogP contribution in [0, 0.1) is 6.92 Å². The van der Waals surface area contributed by atoms with Crippen molar-refractivity contribution in [1.82, 2.24) is 9.78 Å². The normalized spacial score (nSPS) is 10.2. The van der Waals surface area contributed by atoms with E-state index in [9.17, 15) is 9.59 Å². The predicted octanol–water partition coefficient (Wildman–Crippen LogP) is 1.08. The molecule has 1 heterocycles. The average Bonchev–Trinajstić information content (AvgIpc) is 2.71. The number of nitrogens with zero attached hydrogens (tertiary/aromatic N) is 2. The van der Waals surface area contributed by atoms with Gasteiger partial charge in [-0.2, -0.15) is 5.10 Å². The molecule has 0 radical (unpaired) electrons. The Morgan fingerprint density at radius 1 is 1.26 bits per heavy atom. The summed E-state index contributed by atoms with van der Waals surface area (Å²) in [4.78, 5) is 23.3. The van der Waals surface area contributed by atoms with Crippen LogP contribution in [0.15, 0.2) is 30.5 Å². The molecule has 1 aromatic carbocycles. The van der Waals surface area contributed by atoms with Crippen LogP contribution in [0.1, 0.15) is 26.4 Å². The highest BCUT2D eigenvalue weighted by Gasteiger charge is 2.16. The largest absolute Gasteiger partial charge is 0.364 e. The number of nitrogens with two attached hydrogens (primary N) is 1. The lowest BCUT2D eigenvalue weighted by Crippen LogP contribution is -2.20. The van der Waals surface area contributed by atoms with Crippen LogP contribution in [-0.4, -0.2) is 21.6 Å². The molecule has 0 aliphatic heterocycles. The van der Waals surface area contributed by atoms with Gasteiger partial charge in [-0.3, -0.25) is 14.3 Å². The van der Waals surface area contributed by atoms with E-state index in [1.807, 2.05) is 19.1 Å². The SMILES string of the molecule is Cc1ccc(C(=O)Nc2cnn(C)c2C(N)=O)cc1. The third kappa shape index (κ3) is 2.62. The minimum Gasteiger partial charge on any atom is -0.364 e. The summed E-state index contributed by atoms with van der Waals surface area (Å²) in [5.74, 6) is -0.949. The van der Waals surface area contributed by atoms with E-state index in [-0.39, 0.29) is 11.6 Å². The summed E-state index contributed by atoms with van der Waals surface area (Å²) in [7, 11) is 1.58. The summed E-state index contributed by atoms with van der Waals surface area (Å²) in [6.45, 7) is 1.94. The van der Waals surface area contributed by atoms with Crippen LogP contribution in [-0.2, 0) is 7.05 Å². The van der Waals surface area contributed by atoms with Gasteiger partial charge >= 0.3 is 0 Å². The van der Waals surface area contributed by atoms with E-state index in [4.69, 9.17) is 5.73 Å². The summed E-state index contributed by atoms with van der Waals surface area (Å²) in [5.41, 5.74) is 7.29. The van der Waals surface area contributed by atoms with Gasteiger partial charge in [0.25, 0.3) is 11.8 Å². The van der Waals surface area contributed by atoms with E-state index in [2.05, 4.69) is 10.4 Å². The number of primary amides is 1. The Morgan fingerprint density at radius 3 is 2.47 bits per heavy atom. The van der Waals surface area contributed by atoms with Crippen LogP contribution in [0.3, 0.4) is 0 Å². The number of benzene rings is 1. The molecule has 2 rings (SSSR count). The molecule has 0 saturated carbocycles. The van der Waals surface area contributed by atoms with Crippen molar-refractivity contribution in [2.45, 2.75) is 6.92 Å². The number of rotatable bonds is 3. The minimum absolute atomic E-state index is 0.167. The van der Waals surface area contributed by atoms with Crippen molar-refractivity contribution < 1.29 is 9.59 Å². The van der Waals surface area contributed by atoms with Crippen LogP contribution >= 0.6 is 0 Å². The van der Waals surface area contributed by atoms with E-state index in [0.29, 0.717) is 11.3 Å². The maximum atomic E-state index is 12.0. The Balaban J connectivity index is 2.24. The molecule has 6 nitrogen and oxygen atoms in total. The van der Waals surface area contributed by atoms with E-state index in [1.165, 1.54) is 10.9 Å². The third-order valence-electron chi connectivity index (χ3n) is 2.73. The van der Waals surface area contributed by atoms with Gasteiger partial charge in [0.15, 0.2) is 0 Å². The maximum Gasteiger partial charge on any atom is 0.269 e. The lowest BCUT2D eigenvalue weighted by atomic mass is 10.1. The molecule has 98 valence electrons. The molecule has 0 aliphatic rings. The van der Waals surface area contributed by atoms with Crippen LogP contribution in [0.5, 0.6) is 0 Å². The Kier molecular flexibility index (Phi) is 3.33. The zero-order chi connectivity index (χ0) is 14.0. The van der Waals surface area contributed by atoms with Crippen molar-refractivity contribution in [3.63, 3.8) is 0 Å². The van der Waals surface area contributed by atoms with E-state index in [0.717, 1.165) is 5.56 Å². The fraction of sp³-hybridized carbons (Fsp3) is 0.154. The molecule has 1 aromatic heterocycles. The van der Waals surface area contributed by atoms with Crippen molar-refractivity contribution in [2.24, 2.45) is 12.8 Å². The number of anilines is 1. The Bertz CT molecular complexity index is 629. The van der Waals surface area contributed by atoms with Gasteiger partial charge in [-0.1, -0.05) is 17.7 Å². The Hall–Kier alpha value is -2.63. The number of nitrogens with one attached hydrogen (secondary N) is 1. The van der Waals surface area contributed by atoms with E-state index < -0.39 is 5.91 Å². The van der Waals surface area contributed by atoms with Crippen LogP contribution < -0.4 is 11.1 Å². The molecule has 0 spiro atoms. The highest BCUT2D eigenvalue weighted by Crippen LogP contribution is 2.15. The summed E-state index contributed by atoms with van der Waals surface area (Å²) >= 11 is 0. The van der Waals surface area contributed by atoms with E-state index in [1.54, 1.807) is 19.2 Å². The molecule has 0 unspecified atom stereocenters. The second-order valence-electron chi connectivity index (χ2n) is 4.21. The van der Waals surface area contributed by atoms with E-state index >= 15 is 0 Å². The zero-order valence-corrected chi connectivity index (χ0v) is 10.7. The van der Waals surface area contributed by atoms with Crippen molar-refractivity contribution >= 4 is 17.5 Å². The fourth-order valence-electron chi connectivity index (χ4n) is 1.72. The van der Waals surface area contributed by atoms with Crippen LogP contribution in [0.2, 0.25) is 0 Å². The number of aromatic nitrogens is 2. The topological polar surface area (TPSA) is 90.0 Å². The van der Waals surface area contributed by atoms with Gasteiger partial charge in [0.2, 0.25) is 0 Å². The first kappa shape index (κ1) is 12.8. The van der Waals surface area contributed by atoms with Gasteiger partial charge in [-0.25, -0.2) is 0 Å². The van der Waals surface area contributed by atoms with Crippen LogP contribution in [0.4, 0.5) is 5.69 Å². The average molecular weight is 258 g/mol. The van der Waals surface area contributed by atoms with Gasteiger partial charge in [0.1, 0.15) is 5.69 Å². The monoisotopic (exact) mass is 258 g/mol. The lowest BCUT2D eigenvalue weighted by Gasteiger charge is -2.05. The zero-order valence-electron chi connectivity index (χ0n) is 10.7. The molecule has 6 heteroatoms. The van der Waals surface area contributed by atoms with Crippen molar-refractivity contribution in [2.75, 3.05) is 5.32 Å². The molecule has 3 N–H and O–H groups in total. The Labute approximate surface area is 110 Å². The number of amides is 2. The van der Waals surface area contributed by atoms with Gasteiger partial charge in [-0.15, -0.1) is 0 Å². The second kappa shape index (κ2) is 4.93. The Morgan fingerprint density at radius 2 is 1.89 bits per heavy atom. The predicted molar refractivity (Wildman–Crippen MR) is 70.9 cm³/mol. The standard InChI is InChI=1S/C13H14N4O2/c1-8-3-5-9(6-4-8)13(19)16-10-7-15-17(2)11(10)12(14)18/h3-7H,1-2H3,(H2,14,18)(H,16,19).